The van der Waals surface area contributed by atoms with Gasteiger partial charge in [0.25, 0.3) is 0 Å². The molecule has 0 saturated carbocycles. The van der Waals surface area contributed by atoms with Gasteiger partial charge in [-0.15, -0.1) is 0 Å². The SMILES string of the molecule is CCCC[C@H]1C=CC[C@@H]1c1ccccc1. The molecule has 2 rings (SSSR count). The van der Waals surface area contributed by atoms with Crippen molar-refractivity contribution in [1.82, 2.24) is 0 Å². The summed E-state index contributed by atoms with van der Waals surface area (Å²) in [6.07, 6.45) is 10.0. The lowest BCUT2D eigenvalue weighted by molar-refractivity contribution is 0.484. The molecule has 0 radical (unpaired) electrons. The Labute approximate surface area is 93.0 Å². The molecule has 1 aromatic carbocycles. The first-order chi connectivity index (χ1) is 7.42. The van der Waals surface area contributed by atoms with Crippen molar-refractivity contribution in [3.63, 3.8) is 0 Å². The smallest absolute Gasteiger partial charge is 0.00645 e. The van der Waals surface area contributed by atoms with Crippen molar-refractivity contribution in [2.45, 2.75) is 38.5 Å². The number of unbranched alkanes of at least 4 members (excludes halogenated alkanes) is 1. The van der Waals surface area contributed by atoms with E-state index in [9.17, 15) is 0 Å². The Morgan fingerprint density at radius 1 is 1.20 bits per heavy atom. The van der Waals surface area contributed by atoms with E-state index in [4.69, 9.17) is 0 Å². The van der Waals surface area contributed by atoms with Gasteiger partial charge in [-0.2, -0.15) is 0 Å². The molecule has 1 aliphatic carbocycles. The Kier molecular flexibility index (Phi) is 3.60. The van der Waals surface area contributed by atoms with Gasteiger partial charge in [-0.1, -0.05) is 62.2 Å². The molecule has 2 atom stereocenters. The molecule has 0 nitrogen and oxygen atoms in total. The first kappa shape index (κ1) is 10.5. The first-order valence-electron chi connectivity index (χ1n) is 6.13. The molecule has 0 spiro atoms. The van der Waals surface area contributed by atoms with Gasteiger partial charge in [0.15, 0.2) is 0 Å². The second-order valence-electron chi connectivity index (χ2n) is 4.49. The average molecular weight is 200 g/mol. The van der Waals surface area contributed by atoms with Crippen molar-refractivity contribution in [1.29, 1.82) is 0 Å². The lowest BCUT2D eigenvalue weighted by Gasteiger charge is -2.19. The number of hydrogen-bond donors (Lipinski definition) is 0. The normalized spacial score (nSPS) is 24.6. The highest BCUT2D eigenvalue weighted by molar-refractivity contribution is 5.25. The van der Waals surface area contributed by atoms with Crippen LogP contribution in [0.3, 0.4) is 0 Å². The predicted molar refractivity (Wildman–Crippen MR) is 66.0 cm³/mol. The van der Waals surface area contributed by atoms with Gasteiger partial charge in [0.2, 0.25) is 0 Å². The molecule has 0 saturated heterocycles. The van der Waals surface area contributed by atoms with Gasteiger partial charge in [0, 0.05) is 0 Å². The molecule has 1 aliphatic rings. The average Bonchev–Trinajstić information content (AvgIpc) is 2.75. The van der Waals surface area contributed by atoms with Crippen molar-refractivity contribution in [3.8, 4) is 0 Å². The zero-order valence-electron chi connectivity index (χ0n) is 9.52. The highest BCUT2D eigenvalue weighted by Gasteiger charge is 2.23. The molecule has 0 unspecified atom stereocenters. The van der Waals surface area contributed by atoms with Crippen molar-refractivity contribution in [2.24, 2.45) is 5.92 Å². The van der Waals surface area contributed by atoms with Gasteiger partial charge in [0.05, 0.1) is 0 Å². The Morgan fingerprint density at radius 2 is 2.00 bits per heavy atom. The van der Waals surface area contributed by atoms with Crippen LogP contribution in [0.15, 0.2) is 42.5 Å². The van der Waals surface area contributed by atoms with E-state index in [1.165, 1.54) is 31.2 Å². The summed E-state index contributed by atoms with van der Waals surface area (Å²) in [5.41, 5.74) is 1.52. The molecule has 0 aliphatic heterocycles. The minimum absolute atomic E-state index is 0.748. The monoisotopic (exact) mass is 200 g/mol. The van der Waals surface area contributed by atoms with Crippen molar-refractivity contribution in [2.75, 3.05) is 0 Å². The summed E-state index contributed by atoms with van der Waals surface area (Å²) < 4.78 is 0. The van der Waals surface area contributed by atoms with E-state index in [0.29, 0.717) is 0 Å². The lowest BCUT2D eigenvalue weighted by Crippen LogP contribution is -2.06. The third kappa shape index (κ3) is 2.50. The largest absolute Gasteiger partial charge is 0.0876 e. The van der Waals surface area contributed by atoms with Gasteiger partial charge in [0.1, 0.15) is 0 Å². The second-order valence-corrected chi connectivity index (χ2v) is 4.49. The fourth-order valence-corrected chi connectivity index (χ4v) is 2.53. The maximum Gasteiger partial charge on any atom is -0.00645 e. The Hall–Kier alpha value is -1.04. The summed E-state index contributed by atoms with van der Waals surface area (Å²) in [6.45, 7) is 2.27. The van der Waals surface area contributed by atoms with Gasteiger partial charge in [-0.05, 0) is 30.2 Å². The van der Waals surface area contributed by atoms with Crippen LogP contribution in [0, 0.1) is 5.92 Å². The van der Waals surface area contributed by atoms with Gasteiger partial charge >= 0.3 is 0 Å². The quantitative estimate of drug-likeness (QED) is 0.626. The van der Waals surface area contributed by atoms with E-state index >= 15 is 0 Å². The third-order valence-electron chi connectivity index (χ3n) is 3.41. The summed E-state index contributed by atoms with van der Waals surface area (Å²) in [5, 5.41) is 0. The van der Waals surface area contributed by atoms with Crippen LogP contribution in [0.25, 0.3) is 0 Å². The summed E-state index contributed by atoms with van der Waals surface area (Å²) in [6, 6.07) is 11.0. The third-order valence-corrected chi connectivity index (χ3v) is 3.41. The van der Waals surface area contributed by atoms with Crippen LogP contribution in [-0.4, -0.2) is 0 Å². The summed E-state index contributed by atoms with van der Waals surface area (Å²) in [7, 11) is 0. The summed E-state index contributed by atoms with van der Waals surface area (Å²) in [5.74, 6) is 1.53. The standard InChI is InChI=1S/C15H20/c1-2-3-8-13-11-7-12-15(13)14-9-5-4-6-10-14/h4-7,9-11,13,15H,2-3,8,12H2,1H3/t13-,15-/m0/s1. The molecule has 0 bridgehead atoms. The molecule has 0 amide bonds. The molecule has 0 heterocycles. The van der Waals surface area contributed by atoms with E-state index in [0.717, 1.165) is 11.8 Å². The molecular weight excluding hydrogens is 180 g/mol. The number of benzene rings is 1. The molecule has 0 heteroatoms. The molecule has 0 fully saturated rings. The Bertz CT molecular complexity index is 310. The van der Waals surface area contributed by atoms with Gasteiger partial charge in [-0.25, -0.2) is 0 Å². The van der Waals surface area contributed by atoms with Crippen LogP contribution in [0.4, 0.5) is 0 Å². The van der Waals surface area contributed by atoms with Crippen LogP contribution in [0.1, 0.15) is 44.1 Å². The number of hydrogen-bond acceptors (Lipinski definition) is 0. The highest BCUT2D eigenvalue weighted by Crippen LogP contribution is 2.37. The van der Waals surface area contributed by atoms with Crippen LogP contribution in [0.2, 0.25) is 0 Å². The lowest BCUT2D eigenvalue weighted by atomic mass is 9.85. The van der Waals surface area contributed by atoms with Crippen molar-refractivity contribution < 1.29 is 0 Å². The second kappa shape index (κ2) is 5.16. The molecule has 0 aromatic heterocycles. The van der Waals surface area contributed by atoms with E-state index in [-0.39, 0.29) is 0 Å². The van der Waals surface area contributed by atoms with Gasteiger partial charge < -0.3 is 0 Å². The zero-order chi connectivity index (χ0) is 10.5. The fraction of sp³-hybridized carbons (Fsp3) is 0.467. The Balaban J connectivity index is 2.03. The fourth-order valence-electron chi connectivity index (χ4n) is 2.53. The van der Waals surface area contributed by atoms with Crippen LogP contribution < -0.4 is 0 Å². The minimum atomic E-state index is 0.748. The van der Waals surface area contributed by atoms with E-state index in [2.05, 4.69) is 49.4 Å². The zero-order valence-corrected chi connectivity index (χ0v) is 9.52. The molecule has 1 aromatic rings. The van der Waals surface area contributed by atoms with Gasteiger partial charge in [-0.3, -0.25) is 0 Å². The van der Waals surface area contributed by atoms with Crippen LogP contribution >= 0.6 is 0 Å². The molecule has 80 valence electrons. The molecule has 0 N–H and O–H groups in total. The molecular formula is C15H20. The topological polar surface area (TPSA) is 0 Å². The van der Waals surface area contributed by atoms with Crippen molar-refractivity contribution in [3.05, 3.63) is 48.0 Å². The van der Waals surface area contributed by atoms with Crippen LogP contribution in [-0.2, 0) is 0 Å². The highest BCUT2D eigenvalue weighted by atomic mass is 14.3. The van der Waals surface area contributed by atoms with Crippen LogP contribution in [0.5, 0.6) is 0 Å². The maximum atomic E-state index is 2.42. The summed E-state index contributed by atoms with van der Waals surface area (Å²) >= 11 is 0. The predicted octanol–water partition coefficient (Wildman–Crippen LogP) is 4.54. The van der Waals surface area contributed by atoms with E-state index in [1.807, 2.05) is 0 Å². The van der Waals surface area contributed by atoms with Crippen molar-refractivity contribution >= 4 is 0 Å². The Morgan fingerprint density at radius 3 is 2.73 bits per heavy atom. The first-order valence-corrected chi connectivity index (χ1v) is 6.13. The number of rotatable bonds is 4. The minimum Gasteiger partial charge on any atom is -0.0876 e. The van der Waals surface area contributed by atoms with E-state index in [1.54, 1.807) is 0 Å². The molecule has 15 heavy (non-hydrogen) atoms. The number of allylic oxidation sites excluding steroid dienone is 2. The summed E-state index contributed by atoms with van der Waals surface area (Å²) in [4.78, 5) is 0. The van der Waals surface area contributed by atoms with E-state index < -0.39 is 0 Å². The maximum absolute atomic E-state index is 2.42.